The molecule has 0 spiro atoms. The van der Waals surface area contributed by atoms with E-state index in [1.807, 2.05) is 0 Å². The molecule has 1 saturated carbocycles. The Morgan fingerprint density at radius 2 is 2.21 bits per heavy atom. The van der Waals surface area contributed by atoms with Crippen LogP contribution in [0.15, 0.2) is 0 Å². The predicted octanol–water partition coefficient (Wildman–Crippen LogP) is 0.818. The number of carbonyl (C=O) groups is 1. The van der Waals surface area contributed by atoms with Crippen LogP contribution >= 0.6 is 0 Å². The molecule has 0 aromatic carbocycles. The minimum Gasteiger partial charge on any atom is -0.368 e. The number of carbonyl (C=O) groups excluding carboxylic acids is 1. The lowest BCUT2D eigenvalue weighted by atomic mass is 9.80. The van der Waals surface area contributed by atoms with Crippen LogP contribution in [0, 0.1) is 11.8 Å². The largest absolute Gasteiger partial charge is 0.368 e. The van der Waals surface area contributed by atoms with E-state index in [-0.39, 0.29) is 6.61 Å². The molecule has 82 valence electrons. The minimum atomic E-state index is -0.436. The lowest BCUT2D eigenvalue weighted by Gasteiger charge is -2.32. The van der Waals surface area contributed by atoms with Crippen LogP contribution in [0.1, 0.15) is 33.1 Å². The van der Waals surface area contributed by atoms with E-state index in [1.54, 1.807) is 0 Å². The van der Waals surface area contributed by atoms with Crippen LogP contribution in [-0.2, 0) is 9.63 Å². The molecule has 0 saturated heterocycles. The SMILES string of the molecule is CC1CCC(C)C(NOCC(N)=O)C1. The lowest BCUT2D eigenvalue weighted by molar-refractivity contribution is -0.127. The fourth-order valence-electron chi connectivity index (χ4n) is 1.92. The second kappa shape index (κ2) is 5.32. The molecule has 14 heavy (non-hydrogen) atoms. The van der Waals surface area contributed by atoms with Gasteiger partial charge in [0.05, 0.1) is 0 Å². The summed E-state index contributed by atoms with van der Waals surface area (Å²) in [5.41, 5.74) is 7.90. The van der Waals surface area contributed by atoms with Gasteiger partial charge in [0.15, 0.2) is 0 Å². The maximum Gasteiger partial charge on any atom is 0.245 e. The summed E-state index contributed by atoms with van der Waals surface area (Å²) in [5, 5.41) is 0. The smallest absolute Gasteiger partial charge is 0.245 e. The Morgan fingerprint density at radius 1 is 1.50 bits per heavy atom. The summed E-state index contributed by atoms with van der Waals surface area (Å²) < 4.78 is 0. The van der Waals surface area contributed by atoms with Crippen molar-refractivity contribution >= 4 is 5.91 Å². The zero-order chi connectivity index (χ0) is 10.6. The van der Waals surface area contributed by atoms with Gasteiger partial charge in [0.2, 0.25) is 5.91 Å². The molecule has 3 N–H and O–H groups in total. The molecule has 1 aliphatic carbocycles. The number of primary amides is 1. The predicted molar refractivity (Wildman–Crippen MR) is 54.2 cm³/mol. The molecule has 0 bridgehead atoms. The van der Waals surface area contributed by atoms with Gasteiger partial charge in [0.25, 0.3) is 0 Å². The fraction of sp³-hybridized carbons (Fsp3) is 0.900. The average molecular weight is 200 g/mol. The number of hydroxylamine groups is 1. The number of hydrogen-bond donors (Lipinski definition) is 2. The van der Waals surface area contributed by atoms with Crippen molar-refractivity contribution in [2.45, 2.75) is 39.2 Å². The molecule has 3 unspecified atom stereocenters. The third-order valence-corrected chi connectivity index (χ3v) is 2.91. The van der Waals surface area contributed by atoms with Crippen molar-refractivity contribution in [3.63, 3.8) is 0 Å². The van der Waals surface area contributed by atoms with Crippen molar-refractivity contribution < 1.29 is 9.63 Å². The topological polar surface area (TPSA) is 64.3 Å². The number of hydrogen-bond acceptors (Lipinski definition) is 3. The Balaban J connectivity index is 2.24. The number of nitrogens with one attached hydrogen (secondary N) is 1. The molecule has 1 rings (SSSR count). The first-order valence-corrected chi connectivity index (χ1v) is 5.25. The van der Waals surface area contributed by atoms with Gasteiger partial charge in [-0.25, -0.2) is 0 Å². The van der Waals surface area contributed by atoms with Gasteiger partial charge < -0.3 is 5.73 Å². The summed E-state index contributed by atoms with van der Waals surface area (Å²) >= 11 is 0. The lowest BCUT2D eigenvalue weighted by Crippen LogP contribution is -2.40. The maximum absolute atomic E-state index is 10.4. The second-order valence-electron chi connectivity index (χ2n) is 4.37. The van der Waals surface area contributed by atoms with Gasteiger partial charge in [-0.3, -0.25) is 9.63 Å². The summed E-state index contributed by atoms with van der Waals surface area (Å²) in [6.45, 7) is 4.41. The quantitative estimate of drug-likeness (QED) is 0.660. The minimum absolute atomic E-state index is 0.0440. The first-order valence-electron chi connectivity index (χ1n) is 5.25. The van der Waals surface area contributed by atoms with Gasteiger partial charge >= 0.3 is 0 Å². The molecule has 4 nitrogen and oxygen atoms in total. The van der Waals surface area contributed by atoms with Crippen molar-refractivity contribution in [1.29, 1.82) is 0 Å². The van der Waals surface area contributed by atoms with Gasteiger partial charge in [-0.2, -0.15) is 5.48 Å². The van der Waals surface area contributed by atoms with Crippen molar-refractivity contribution in [3.05, 3.63) is 0 Å². The molecule has 1 aliphatic rings. The Kier molecular flexibility index (Phi) is 4.35. The molecular formula is C10H20N2O2. The van der Waals surface area contributed by atoms with E-state index in [9.17, 15) is 4.79 Å². The first kappa shape index (κ1) is 11.5. The summed E-state index contributed by atoms with van der Waals surface area (Å²) in [4.78, 5) is 15.5. The third kappa shape index (κ3) is 3.64. The summed E-state index contributed by atoms with van der Waals surface area (Å²) in [5.74, 6) is 0.911. The van der Waals surface area contributed by atoms with Crippen LogP contribution < -0.4 is 11.2 Å². The van der Waals surface area contributed by atoms with E-state index in [0.717, 1.165) is 12.3 Å². The van der Waals surface area contributed by atoms with Crippen LogP contribution in [0.25, 0.3) is 0 Å². The highest BCUT2D eigenvalue weighted by atomic mass is 16.6. The van der Waals surface area contributed by atoms with Crippen LogP contribution in [-0.4, -0.2) is 18.6 Å². The second-order valence-corrected chi connectivity index (χ2v) is 4.37. The zero-order valence-electron chi connectivity index (χ0n) is 8.95. The first-order chi connectivity index (χ1) is 6.59. The molecule has 0 heterocycles. The Labute approximate surface area is 85.1 Å². The number of amides is 1. The normalized spacial score (nSPS) is 32.9. The molecule has 1 fully saturated rings. The summed E-state index contributed by atoms with van der Waals surface area (Å²) in [6.07, 6.45) is 3.62. The standard InChI is InChI=1S/C10H20N2O2/c1-7-3-4-8(2)9(5-7)12-14-6-10(11)13/h7-9,12H,3-6H2,1-2H3,(H2,11,13). The van der Waals surface area contributed by atoms with Gasteiger partial charge in [-0.05, 0) is 24.7 Å². The Bertz CT molecular complexity index is 197. The monoisotopic (exact) mass is 200 g/mol. The highest BCUT2D eigenvalue weighted by Gasteiger charge is 2.25. The van der Waals surface area contributed by atoms with Crippen molar-refractivity contribution in [2.24, 2.45) is 17.6 Å². The van der Waals surface area contributed by atoms with E-state index in [4.69, 9.17) is 10.6 Å². The summed E-state index contributed by atoms with van der Waals surface area (Å²) in [7, 11) is 0. The van der Waals surface area contributed by atoms with Gasteiger partial charge in [-0.1, -0.05) is 20.3 Å². The van der Waals surface area contributed by atoms with E-state index in [0.29, 0.717) is 12.0 Å². The van der Waals surface area contributed by atoms with Crippen LogP contribution in [0.2, 0.25) is 0 Å². The Morgan fingerprint density at radius 3 is 2.86 bits per heavy atom. The molecule has 0 aliphatic heterocycles. The fourth-order valence-corrected chi connectivity index (χ4v) is 1.92. The maximum atomic E-state index is 10.4. The van der Waals surface area contributed by atoms with E-state index >= 15 is 0 Å². The summed E-state index contributed by atoms with van der Waals surface area (Å²) in [6, 6.07) is 0.359. The third-order valence-electron chi connectivity index (χ3n) is 2.91. The molecule has 0 radical (unpaired) electrons. The van der Waals surface area contributed by atoms with Crippen molar-refractivity contribution in [1.82, 2.24) is 5.48 Å². The van der Waals surface area contributed by atoms with Gasteiger partial charge in [0, 0.05) is 6.04 Å². The molecule has 4 heteroatoms. The zero-order valence-corrected chi connectivity index (χ0v) is 8.95. The van der Waals surface area contributed by atoms with Gasteiger partial charge in [0.1, 0.15) is 6.61 Å². The van der Waals surface area contributed by atoms with E-state index in [2.05, 4.69) is 19.3 Å². The highest BCUT2D eigenvalue weighted by molar-refractivity contribution is 5.74. The van der Waals surface area contributed by atoms with Crippen molar-refractivity contribution in [2.75, 3.05) is 6.61 Å². The molecule has 0 aromatic heterocycles. The Hall–Kier alpha value is -0.610. The number of rotatable bonds is 4. The molecule has 3 atom stereocenters. The highest BCUT2D eigenvalue weighted by Crippen LogP contribution is 2.28. The number of nitrogens with two attached hydrogens (primary N) is 1. The van der Waals surface area contributed by atoms with E-state index < -0.39 is 5.91 Å². The average Bonchev–Trinajstić information content (AvgIpc) is 2.10. The van der Waals surface area contributed by atoms with E-state index in [1.165, 1.54) is 12.8 Å². The molecular weight excluding hydrogens is 180 g/mol. The van der Waals surface area contributed by atoms with Crippen molar-refractivity contribution in [3.8, 4) is 0 Å². The molecule has 1 amide bonds. The molecule has 0 aromatic rings. The van der Waals surface area contributed by atoms with Crippen LogP contribution in [0.4, 0.5) is 0 Å². The van der Waals surface area contributed by atoms with Crippen LogP contribution in [0.3, 0.4) is 0 Å². The van der Waals surface area contributed by atoms with Crippen LogP contribution in [0.5, 0.6) is 0 Å². The van der Waals surface area contributed by atoms with Gasteiger partial charge in [-0.15, -0.1) is 0 Å².